The Labute approximate surface area is 86.4 Å². The van der Waals surface area contributed by atoms with Crippen molar-refractivity contribution in [1.29, 1.82) is 0 Å². The monoisotopic (exact) mass is 213 g/mol. The standard InChI is InChI=1S/C9H12FN3O2/c1-6(2-8(14)15)3-11-9-12-4-7(10)5-13-9/h4-6H,2-3H2,1H3,(H,14,15)(H,11,12,13). The van der Waals surface area contributed by atoms with Crippen molar-refractivity contribution in [2.45, 2.75) is 13.3 Å². The Bertz CT molecular complexity index is 329. The second kappa shape index (κ2) is 5.23. The van der Waals surface area contributed by atoms with E-state index in [1.54, 1.807) is 6.92 Å². The first-order chi connectivity index (χ1) is 7.08. The molecule has 0 saturated heterocycles. The molecule has 1 aromatic heterocycles. The summed E-state index contributed by atoms with van der Waals surface area (Å²) in [7, 11) is 0. The first kappa shape index (κ1) is 11.4. The molecule has 1 atom stereocenters. The van der Waals surface area contributed by atoms with Crippen LogP contribution in [0.3, 0.4) is 0 Å². The van der Waals surface area contributed by atoms with Crippen molar-refractivity contribution in [2.24, 2.45) is 5.92 Å². The van der Waals surface area contributed by atoms with Gasteiger partial charge in [-0.1, -0.05) is 6.92 Å². The molecule has 0 aromatic carbocycles. The zero-order valence-corrected chi connectivity index (χ0v) is 8.27. The second-order valence-electron chi connectivity index (χ2n) is 3.31. The predicted octanol–water partition coefficient (Wildman–Crippen LogP) is 1.14. The molecular formula is C9H12FN3O2. The van der Waals surface area contributed by atoms with Crippen LogP contribution >= 0.6 is 0 Å². The summed E-state index contributed by atoms with van der Waals surface area (Å²) in [6.07, 6.45) is 2.18. The highest BCUT2D eigenvalue weighted by Crippen LogP contribution is 2.04. The molecule has 0 spiro atoms. The van der Waals surface area contributed by atoms with Crippen LogP contribution in [-0.4, -0.2) is 27.6 Å². The van der Waals surface area contributed by atoms with Gasteiger partial charge in [0, 0.05) is 13.0 Å². The number of hydrogen-bond donors (Lipinski definition) is 2. The summed E-state index contributed by atoms with van der Waals surface area (Å²) in [5.41, 5.74) is 0. The van der Waals surface area contributed by atoms with Gasteiger partial charge in [0.2, 0.25) is 5.95 Å². The van der Waals surface area contributed by atoms with Gasteiger partial charge in [-0.3, -0.25) is 4.79 Å². The zero-order valence-electron chi connectivity index (χ0n) is 8.27. The van der Waals surface area contributed by atoms with Gasteiger partial charge in [0.25, 0.3) is 0 Å². The topological polar surface area (TPSA) is 75.1 Å². The van der Waals surface area contributed by atoms with Crippen molar-refractivity contribution in [3.05, 3.63) is 18.2 Å². The van der Waals surface area contributed by atoms with Crippen LogP contribution in [0.25, 0.3) is 0 Å². The molecule has 0 bridgehead atoms. The third-order valence-electron chi connectivity index (χ3n) is 1.75. The largest absolute Gasteiger partial charge is 0.481 e. The minimum atomic E-state index is -0.843. The van der Waals surface area contributed by atoms with Crippen LogP contribution in [0.1, 0.15) is 13.3 Å². The summed E-state index contributed by atoms with van der Waals surface area (Å²) in [5, 5.41) is 11.3. The maximum atomic E-state index is 12.4. The summed E-state index contributed by atoms with van der Waals surface area (Å²) in [4.78, 5) is 17.7. The summed E-state index contributed by atoms with van der Waals surface area (Å²) in [6.45, 7) is 2.24. The van der Waals surface area contributed by atoms with E-state index in [-0.39, 0.29) is 12.3 Å². The van der Waals surface area contributed by atoms with Gasteiger partial charge >= 0.3 is 5.97 Å². The third-order valence-corrected chi connectivity index (χ3v) is 1.75. The smallest absolute Gasteiger partial charge is 0.303 e. The lowest BCUT2D eigenvalue weighted by Gasteiger charge is -2.09. The molecule has 15 heavy (non-hydrogen) atoms. The van der Waals surface area contributed by atoms with Crippen molar-refractivity contribution in [3.8, 4) is 0 Å². The Hall–Kier alpha value is -1.72. The first-order valence-electron chi connectivity index (χ1n) is 4.51. The van der Waals surface area contributed by atoms with Crippen LogP contribution in [0.15, 0.2) is 12.4 Å². The van der Waals surface area contributed by atoms with Gasteiger partial charge in [-0.25, -0.2) is 14.4 Å². The number of halogens is 1. The van der Waals surface area contributed by atoms with E-state index in [1.807, 2.05) is 0 Å². The molecule has 0 aliphatic rings. The average Bonchev–Trinajstić information content (AvgIpc) is 2.16. The molecule has 0 aliphatic carbocycles. The molecule has 0 fully saturated rings. The number of carbonyl (C=O) groups is 1. The highest BCUT2D eigenvalue weighted by Gasteiger charge is 2.07. The maximum absolute atomic E-state index is 12.4. The van der Waals surface area contributed by atoms with Crippen molar-refractivity contribution in [2.75, 3.05) is 11.9 Å². The predicted molar refractivity (Wildman–Crippen MR) is 51.9 cm³/mol. The van der Waals surface area contributed by atoms with Gasteiger partial charge in [-0.2, -0.15) is 0 Å². The van der Waals surface area contributed by atoms with Gasteiger partial charge in [-0.05, 0) is 5.92 Å². The lowest BCUT2D eigenvalue weighted by molar-refractivity contribution is -0.137. The lowest BCUT2D eigenvalue weighted by atomic mass is 10.1. The van der Waals surface area contributed by atoms with E-state index >= 15 is 0 Å². The molecule has 0 amide bonds. The Morgan fingerprint density at radius 3 is 2.73 bits per heavy atom. The van der Waals surface area contributed by atoms with Crippen LogP contribution in [-0.2, 0) is 4.79 Å². The van der Waals surface area contributed by atoms with Gasteiger partial charge in [-0.15, -0.1) is 0 Å². The normalized spacial score (nSPS) is 12.1. The number of anilines is 1. The van der Waals surface area contributed by atoms with E-state index < -0.39 is 11.8 Å². The number of carboxylic acid groups (broad SMARTS) is 1. The summed E-state index contributed by atoms with van der Waals surface area (Å²) in [6, 6.07) is 0. The van der Waals surface area contributed by atoms with Gasteiger partial charge in [0.05, 0.1) is 12.4 Å². The van der Waals surface area contributed by atoms with Gasteiger partial charge in [0.15, 0.2) is 5.82 Å². The van der Waals surface area contributed by atoms with Crippen molar-refractivity contribution < 1.29 is 14.3 Å². The number of aromatic nitrogens is 2. The Morgan fingerprint density at radius 1 is 1.60 bits per heavy atom. The highest BCUT2D eigenvalue weighted by molar-refractivity contribution is 5.67. The molecule has 0 saturated carbocycles. The Balaban J connectivity index is 2.36. The molecule has 5 nitrogen and oxygen atoms in total. The van der Waals surface area contributed by atoms with E-state index in [4.69, 9.17) is 5.11 Å². The van der Waals surface area contributed by atoms with E-state index in [0.29, 0.717) is 12.5 Å². The lowest BCUT2D eigenvalue weighted by Crippen LogP contribution is -2.16. The zero-order chi connectivity index (χ0) is 11.3. The van der Waals surface area contributed by atoms with E-state index in [1.165, 1.54) is 0 Å². The molecular weight excluding hydrogens is 201 g/mol. The van der Waals surface area contributed by atoms with Crippen LogP contribution in [0.5, 0.6) is 0 Å². The maximum Gasteiger partial charge on any atom is 0.303 e. The number of aliphatic carboxylic acids is 1. The number of nitrogens with zero attached hydrogens (tertiary/aromatic N) is 2. The van der Waals surface area contributed by atoms with Crippen LogP contribution < -0.4 is 5.32 Å². The van der Waals surface area contributed by atoms with Crippen molar-refractivity contribution >= 4 is 11.9 Å². The highest BCUT2D eigenvalue weighted by atomic mass is 19.1. The molecule has 82 valence electrons. The fourth-order valence-corrected chi connectivity index (χ4v) is 1.04. The molecule has 2 N–H and O–H groups in total. The fraction of sp³-hybridized carbons (Fsp3) is 0.444. The van der Waals surface area contributed by atoms with Gasteiger partial charge in [0.1, 0.15) is 0 Å². The molecule has 1 rings (SSSR count). The SMILES string of the molecule is CC(CNc1ncc(F)cn1)CC(=O)O. The van der Waals surface area contributed by atoms with Crippen LogP contribution in [0, 0.1) is 11.7 Å². The van der Waals surface area contributed by atoms with Crippen molar-refractivity contribution in [1.82, 2.24) is 9.97 Å². The number of nitrogens with one attached hydrogen (secondary N) is 1. The summed E-state index contributed by atoms with van der Waals surface area (Å²) < 4.78 is 12.4. The molecule has 1 unspecified atom stereocenters. The minimum Gasteiger partial charge on any atom is -0.481 e. The molecule has 6 heteroatoms. The molecule has 1 aromatic rings. The van der Waals surface area contributed by atoms with E-state index in [9.17, 15) is 9.18 Å². The quantitative estimate of drug-likeness (QED) is 0.767. The fourth-order valence-electron chi connectivity index (χ4n) is 1.04. The number of rotatable bonds is 5. The average molecular weight is 213 g/mol. The van der Waals surface area contributed by atoms with Crippen molar-refractivity contribution in [3.63, 3.8) is 0 Å². The summed E-state index contributed by atoms with van der Waals surface area (Å²) in [5.74, 6) is -1.08. The van der Waals surface area contributed by atoms with Crippen LogP contribution in [0.2, 0.25) is 0 Å². The number of hydrogen-bond acceptors (Lipinski definition) is 4. The molecule has 0 aliphatic heterocycles. The number of carboxylic acids is 1. The first-order valence-corrected chi connectivity index (χ1v) is 4.51. The van der Waals surface area contributed by atoms with Crippen LogP contribution in [0.4, 0.5) is 10.3 Å². The van der Waals surface area contributed by atoms with Gasteiger partial charge < -0.3 is 10.4 Å². The molecule has 0 radical (unpaired) electrons. The van der Waals surface area contributed by atoms with E-state index in [2.05, 4.69) is 15.3 Å². The molecule has 1 heterocycles. The summed E-state index contributed by atoms with van der Waals surface area (Å²) >= 11 is 0. The second-order valence-corrected chi connectivity index (χ2v) is 3.31. The van der Waals surface area contributed by atoms with E-state index in [0.717, 1.165) is 12.4 Å². The minimum absolute atomic E-state index is 0.0313. The third kappa shape index (κ3) is 4.35. The Morgan fingerprint density at radius 2 is 2.20 bits per heavy atom. The Kier molecular flexibility index (Phi) is 3.96.